The molecule has 6 rings (SSSR count). The van der Waals surface area contributed by atoms with Crippen molar-refractivity contribution in [3.63, 3.8) is 0 Å². The van der Waals surface area contributed by atoms with Gasteiger partial charge in [-0.1, -0.05) is 12.8 Å². The van der Waals surface area contributed by atoms with Crippen LogP contribution in [-0.2, 0) is 0 Å². The molecule has 3 atom stereocenters. The molecule has 1 N–H and O–H groups in total. The topological polar surface area (TPSA) is 71.5 Å². The molecule has 0 unspecified atom stereocenters. The number of aryl methyl sites for hydroxylation is 1. The van der Waals surface area contributed by atoms with Crippen molar-refractivity contribution in [1.29, 1.82) is 0 Å². The molecule has 4 aromatic rings. The second-order valence-electron chi connectivity index (χ2n) is 10.6. The minimum atomic E-state index is -1.49. The van der Waals surface area contributed by atoms with E-state index in [0.717, 1.165) is 68.8 Å². The Morgan fingerprint density at radius 3 is 2.71 bits per heavy atom. The summed E-state index contributed by atoms with van der Waals surface area (Å²) < 4.78 is 48.3. The third-order valence-electron chi connectivity index (χ3n) is 7.93. The monoisotopic (exact) mass is 524 g/mol. The first-order valence-corrected chi connectivity index (χ1v) is 13.4. The first-order chi connectivity index (χ1) is 18.4. The number of pyridine rings is 1. The highest BCUT2D eigenvalue weighted by molar-refractivity contribution is 5.58. The van der Waals surface area contributed by atoms with Gasteiger partial charge in [0.05, 0.1) is 18.1 Å². The second-order valence-corrected chi connectivity index (χ2v) is 10.6. The van der Waals surface area contributed by atoms with Crippen LogP contribution >= 0.6 is 0 Å². The van der Waals surface area contributed by atoms with Gasteiger partial charge in [0.1, 0.15) is 5.82 Å². The molecule has 10 heteroatoms. The molecular formula is C28H31F3N6O. The number of piperidine rings is 1. The van der Waals surface area contributed by atoms with Crippen LogP contribution in [0, 0.1) is 36.2 Å². The number of hydrogen-bond acceptors (Lipinski definition) is 6. The molecule has 1 aliphatic carbocycles. The van der Waals surface area contributed by atoms with Gasteiger partial charge < -0.3 is 14.6 Å². The fraction of sp³-hybridized carbons (Fsp3) is 0.464. The number of halogens is 3. The minimum absolute atomic E-state index is 0.115. The van der Waals surface area contributed by atoms with Gasteiger partial charge in [0, 0.05) is 24.7 Å². The summed E-state index contributed by atoms with van der Waals surface area (Å²) in [6.07, 6.45) is 11.4. The molecule has 38 heavy (non-hydrogen) atoms. The summed E-state index contributed by atoms with van der Waals surface area (Å²) in [5.41, 5.74) is 2.15. The molecule has 7 nitrogen and oxygen atoms in total. The molecule has 1 saturated heterocycles. The van der Waals surface area contributed by atoms with E-state index < -0.39 is 17.5 Å². The Balaban J connectivity index is 1.12. The van der Waals surface area contributed by atoms with E-state index in [4.69, 9.17) is 4.42 Å². The average Bonchev–Trinajstić information content (AvgIpc) is 3.53. The number of oxazole rings is 1. The highest BCUT2D eigenvalue weighted by Crippen LogP contribution is 2.36. The number of anilines is 2. The van der Waals surface area contributed by atoms with E-state index in [1.54, 1.807) is 0 Å². The SMILES string of the molecule is Cc1nc2ccc(N3CCC[C@H](C[C@@H]4CCCC[C@H]4Nc4ncc(-c5cc(F)c(F)c(F)c5)o4)C3)cn2n1. The van der Waals surface area contributed by atoms with Crippen LogP contribution in [0.1, 0.15) is 50.8 Å². The van der Waals surface area contributed by atoms with Crippen molar-refractivity contribution in [1.82, 2.24) is 19.6 Å². The van der Waals surface area contributed by atoms with Crippen LogP contribution in [0.15, 0.2) is 41.1 Å². The predicted octanol–water partition coefficient (Wildman–Crippen LogP) is 6.39. The number of rotatable bonds is 6. The molecule has 0 amide bonds. The summed E-state index contributed by atoms with van der Waals surface area (Å²) in [6.45, 7) is 3.94. The molecule has 200 valence electrons. The third-order valence-corrected chi connectivity index (χ3v) is 7.93. The van der Waals surface area contributed by atoms with E-state index in [2.05, 4.69) is 37.5 Å². The van der Waals surface area contributed by atoms with Gasteiger partial charge in [0.2, 0.25) is 0 Å². The zero-order valence-corrected chi connectivity index (χ0v) is 21.3. The van der Waals surface area contributed by atoms with Crippen LogP contribution in [0.2, 0.25) is 0 Å². The Bertz CT molecular complexity index is 1410. The Morgan fingerprint density at radius 1 is 1.05 bits per heavy atom. The van der Waals surface area contributed by atoms with Crippen LogP contribution in [0.3, 0.4) is 0 Å². The number of hydrogen-bond donors (Lipinski definition) is 1. The van der Waals surface area contributed by atoms with E-state index in [1.165, 1.54) is 24.7 Å². The summed E-state index contributed by atoms with van der Waals surface area (Å²) in [6, 6.07) is 6.53. The molecule has 2 aliphatic rings. The average molecular weight is 525 g/mol. The Labute approximate surface area is 219 Å². The second kappa shape index (κ2) is 10.3. The van der Waals surface area contributed by atoms with Crippen LogP contribution in [0.4, 0.5) is 24.9 Å². The van der Waals surface area contributed by atoms with E-state index in [0.29, 0.717) is 17.9 Å². The molecule has 1 aliphatic heterocycles. The van der Waals surface area contributed by atoms with E-state index in [1.807, 2.05) is 17.5 Å². The fourth-order valence-electron chi connectivity index (χ4n) is 6.10. The van der Waals surface area contributed by atoms with Gasteiger partial charge in [-0.3, -0.25) is 0 Å². The lowest BCUT2D eigenvalue weighted by Gasteiger charge is -2.39. The smallest absolute Gasteiger partial charge is 0.295 e. The highest BCUT2D eigenvalue weighted by atomic mass is 19.2. The van der Waals surface area contributed by atoms with Crippen LogP contribution < -0.4 is 10.2 Å². The van der Waals surface area contributed by atoms with E-state index in [9.17, 15) is 13.2 Å². The normalized spacial score (nSPS) is 22.2. The summed E-state index contributed by atoms with van der Waals surface area (Å²) >= 11 is 0. The van der Waals surface area contributed by atoms with E-state index in [-0.39, 0.29) is 17.4 Å². The van der Waals surface area contributed by atoms with Gasteiger partial charge >= 0.3 is 0 Å². The maximum Gasteiger partial charge on any atom is 0.295 e. The Kier molecular flexibility index (Phi) is 6.71. The maximum atomic E-state index is 13.7. The standard InChI is InChI=1S/C28H31F3N6O/c1-17-33-26-9-8-21(16-37(26)35-17)36-10-4-5-18(15-36)11-19-6-2-3-7-24(19)34-28-32-14-25(38-28)20-12-22(29)27(31)23(30)13-20/h8-9,12-14,16,18-19,24H,2-7,10-11,15H2,1H3,(H,32,34)/t18-,19+,24-/m1/s1. The van der Waals surface area contributed by atoms with Crippen molar-refractivity contribution < 1.29 is 17.6 Å². The van der Waals surface area contributed by atoms with Gasteiger partial charge in [-0.2, -0.15) is 5.10 Å². The zero-order valence-electron chi connectivity index (χ0n) is 21.3. The maximum absolute atomic E-state index is 13.7. The van der Waals surface area contributed by atoms with Gasteiger partial charge in [-0.15, -0.1) is 0 Å². The van der Waals surface area contributed by atoms with Crippen LogP contribution in [0.5, 0.6) is 0 Å². The largest absolute Gasteiger partial charge is 0.424 e. The molecule has 4 heterocycles. The summed E-state index contributed by atoms with van der Waals surface area (Å²) in [5, 5.41) is 7.91. The molecular weight excluding hydrogens is 493 g/mol. The van der Waals surface area contributed by atoms with Crippen molar-refractivity contribution in [2.45, 2.75) is 57.9 Å². The van der Waals surface area contributed by atoms with Crippen molar-refractivity contribution in [3.05, 3.63) is 59.9 Å². The molecule has 1 saturated carbocycles. The van der Waals surface area contributed by atoms with E-state index >= 15 is 0 Å². The minimum Gasteiger partial charge on any atom is -0.424 e. The zero-order chi connectivity index (χ0) is 26.2. The lowest BCUT2D eigenvalue weighted by Crippen LogP contribution is -2.39. The molecule has 0 spiro atoms. The Hall–Kier alpha value is -3.56. The van der Waals surface area contributed by atoms with Crippen molar-refractivity contribution in [2.75, 3.05) is 23.3 Å². The Morgan fingerprint density at radius 2 is 1.87 bits per heavy atom. The number of nitrogens with zero attached hydrogens (tertiary/aromatic N) is 5. The third kappa shape index (κ3) is 5.08. The number of fused-ring (bicyclic) bond motifs is 1. The summed E-state index contributed by atoms with van der Waals surface area (Å²) in [7, 11) is 0. The van der Waals surface area contributed by atoms with Crippen LogP contribution in [-0.4, -0.2) is 38.7 Å². The molecule has 0 bridgehead atoms. The van der Waals surface area contributed by atoms with Gasteiger partial charge in [-0.25, -0.2) is 27.7 Å². The van der Waals surface area contributed by atoms with Crippen molar-refractivity contribution in [2.24, 2.45) is 11.8 Å². The van der Waals surface area contributed by atoms with Gasteiger partial charge in [0.15, 0.2) is 28.9 Å². The highest BCUT2D eigenvalue weighted by Gasteiger charge is 2.31. The lowest BCUT2D eigenvalue weighted by molar-refractivity contribution is 0.245. The number of aromatic nitrogens is 4. The lowest BCUT2D eigenvalue weighted by atomic mass is 9.77. The molecule has 0 radical (unpaired) electrons. The molecule has 2 fully saturated rings. The van der Waals surface area contributed by atoms with Crippen molar-refractivity contribution in [3.8, 4) is 11.3 Å². The first-order valence-electron chi connectivity index (χ1n) is 13.4. The molecule has 3 aromatic heterocycles. The first kappa shape index (κ1) is 24.8. The quantitative estimate of drug-likeness (QED) is 0.295. The number of nitrogens with one attached hydrogen (secondary N) is 1. The summed E-state index contributed by atoms with van der Waals surface area (Å²) in [5.74, 6) is -1.98. The molecule has 1 aromatic carbocycles. The summed E-state index contributed by atoms with van der Waals surface area (Å²) in [4.78, 5) is 11.2. The van der Waals surface area contributed by atoms with Gasteiger partial charge in [-0.05, 0) is 75.1 Å². The number of benzene rings is 1. The van der Waals surface area contributed by atoms with Gasteiger partial charge in [0.25, 0.3) is 6.01 Å². The predicted molar refractivity (Wildman–Crippen MR) is 138 cm³/mol. The van der Waals surface area contributed by atoms with Crippen molar-refractivity contribution >= 4 is 17.3 Å². The van der Waals surface area contributed by atoms with Crippen LogP contribution in [0.25, 0.3) is 17.0 Å². The fourth-order valence-corrected chi connectivity index (χ4v) is 6.10.